The number of esters is 3. The van der Waals surface area contributed by atoms with E-state index >= 15 is 0 Å². The van der Waals surface area contributed by atoms with Crippen LogP contribution in [0.2, 0.25) is 0 Å². The van der Waals surface area contributed by atoms with E-state index in [4.69, 9.17) is 47.4 Å². The summed E-state index contributed by atoms with van der Waals surface area (Å²) in [6.45, 7) is 4.24. The Morgan fingerprint density at radius 2 is 1.02 bits per heavy atom. The molecule has 3 aromatic rings. The van der Waals surface area contributed by atoms with Gasteiger partial charge in [-0.3, -0.25) is 14.4 Å². The molecule has 2 fully saturated rings. The molecule has 2 aliphatic rings. The summed E-state index contributed by atoms with van der Waals surface area (Å²) in [7, 11) is 1.38. The first-order valence-corrected chi connectivity index (χ1v) is 17.1. The van der Waals surface area contributed by atoms with Crippen molar-refractivity contribution in [3.8, 4) is 0 Å². The van der Waals surface area contributed by atoms with E-state index in [9.17, 15) is 14.4 Å². The van der Waals surface area contributed by atoms with Gasteiger partial charge in [0.15, 0.2) is 30.9 Å². The summed E-state index contributed by atoms with van der Waals surface area (Å²) in [6.07, 6.45) is -9.30. The van der Waals surface area contributed by atoms with Crippen molar-refractivity contribution in [2.75, 3.05) is 20.3 Å². The van der Waals surface area contributed by atoms with Gasteiger partial charge in [-0.1, -0.05) is 91.0 Å². The number of hydrogen-bond donors (Lipinski definition) is 0. The fourth-order valence-corrected chi connectivity index (χ4v) is 6.07. The van der Waals surface area contributed by atoms with Gasteiger partial charge in [0.05, 0.1) is 26.4 Å². The lowest BCUT2D eigenvalue weighted by Crippen LogP contribution is -2.63. The maximum absolute atomic E-state index is 12.5. The SMILES string of the molecule is CO[C@H]1O[C@H](COC(C)=O)[C@@H](OC(C)=O)[C@H](OC(C)=O)[C@H]1O[C@H]1O[C@H](COCc2ccccc2)[C@@H](OCc2ccccc2)[C@@H]1OCc1ccccc1. The van der Waals surface area contributed by atoms with Gasteiger partial charge in [0.1, 0.15) is 31.0 Å². The van der Waals surface area contributed by atoms with Crippen molar-refractivity contribution in [1.29, 1.82) is 0 Å². The molecule has 0 bridgehead atoms. The zero-order valence-electron chi connectivity index (χ0n) is 29.7. The second kappa shape index (κ2) is 19.6. The highest BCUT2D eigenvalue weighted by atomic mass is 16.8. The molecular weight excluding hydrogens is 676 g/mol. The Hall–Kier alpha value is -4.21. The predicted molar refractivity (Wildman–Crippen MR) is 183 cm³/mol. The van der Waals surface area contributed by atoms with Gasteiger partial charge in [0, 0.05) is 27.9 Å². The number of rotatable bonds is 17. The molecule has 5 rings (SSSR count). The quantitative estimate of drug-likeness (QED) is 0.145. The summed E-state index contributed by atoms with van der Waals surface area (Å²) in [5, 5.41) is 0. The van der Waals surface area contributed by atoms with E-state index in [1.807, 2.05) is 91.0 Å². The first kappa shape index (κ1) is 39.0. The molecule has 0 unspecified atom stereocenters. The second-order valence-corrected chi connectivity index (χ2v) is 12.4. The summed E-state index contributed by atoms with van der Waals surface area (Å²) in [6, 6.07) is 29.0. The molecule has 0 aliphatic carbocycles. The third-order valence-corrected chi connectivity index (χ3v) is 8.40. The van der Waals surface area contributed by atoms with Gasteiger partial charge in [-0.2, -0.15) is 0 Å². The molecule has 52 heavy (non-hydrogen) atoms. The van der Waals surface area contributed by atoms with E-state index in [1.165, 1.54) is 27.9 Å². The van der Waals surface area contributed by atoms with Gasteiger partial charge in [0.2, 0.25) is 0 Å². The number of methoxy groups -OCH3 is 1. The maximum Gasteiger partial charge on any atom is 0.303 e. The van der Waals surface area contributed by atoms with Gasteiger partial charge in [0.25, 0.3) is 0 Å². The van der Waals surface area contributed by atoms with Crippen molar-refractivity contribution < 1.29 is 61.8 Å². The van der Waals surface area contributed by atoms with Crippen LogP contribution in [0.15, 0.2) is 91.0 Å². The number of benzene rings is 3. The zero-order chi connectivity index (χ0) is 36.9. The number of ether oxygens (including phenoxy) is 10. The Bertz CT molecular complexity index is 1540. The van der Waals surface area contributed by atoms with E-state index < -0.39 is 73.2 Å². The van der Waals surface area contributed by atoms with Crippen LogP contribution in [0.3, 0.4) is 0 Å². The van der Waals surface area contributed by atoms with Crippen molar-refractivity contribution in [1.82, 2.24) is 0 Å². The normalized spacial score (nSPS) is 27.1. The maximum atomic E-state index is 12.5. The Morgan fingerprint density at radius 3 is 1.54 bits per heavy atom. The minimum Gasteiger partial charge on any atom is -0.463 e. The van der Waals surface area contributed by atoms with Crippen LogP contribution in [0.1, 0.15) is 37.5 Å². The fraction of sp³-hybridized carbons (Fsp3) is 0.462. The van der Waals surface area contributed by atoms with E-state index in [2.05, 4.69) is 0 Å². The molecule has 13 heteroatoms. The van der Waals surface area contributed by atoms with Crippen LogP contribution in [0, 0.1) is 0 Å². The highest BCUT2D eigenvalue weighted by molar-refractivity contribution is 5.68. The first-order valence-electron chi connectivity index (χ1n) is 17.1. The molecule has 2 saturated heterocycles. The van der Waals surface area contributed by atoms with Crippen LogP contribution in [-0.4, -0.2) is 93.5 Å². The van der Waals surface area contributed by atoms with E-state index in [0.29, 0.717) is 6.61 Å². The molecule has 13 nitrogen and oxygen atoms in total. The lowest BCUT2D eigenvalue weighted by Gasteiger charge is -2.45. The molecule has 2 heterocycles. The molecule has 0 N–H and O–H groups in total. The number of hydrogen-bond acceptors (Lipinski definition) is 13. The van der Waals surface area contributed by atoms with Gasteiger partial charge in [-0.15, -0.1) is 0 Å². The highest BCUT2D eigenvalue weighted by Crippen LogP contribution is 2.35. The van der Waals surface area contributed by atoms with E-state index in [-0.39, 0.29) is 26.4 Å². The number of carbonyl (C=O) groups excluding carboxylic acids is 3. The van der Waals surface area contributed by atoms with E-state index in [0.717, 1.165) is 16.7 Å². The summed E-state index contributed by atoms with van der Waals surface area (Å²) in [4.78, 5) is 36.5. The van der Waals surface area contributed by atoms with Gasteiger partial charge < -0.3 is 47.4 Å². The molecule has 0 saturated carbocycles. The average molecular weight is 723 g/mol. The standard InChI is InChI=1S/C39H46O13/c1-25(40)45-24-32-34(48-26(2)41)35(49-27(3)42)37(38(43-4)50-32)52-39-36(47-22-30-18-12-7-13-19-30)33(46-21-29-16-10-6-11-17-29)31(51-39)23-44-20-28-14-8-5-9-15-28/h5-19,31-39H,20-24H2,1-4H3/t31-,32-,33-,34-,35+,36+,37-,38+,39-/m1/s1. The van der Waals surface area contributed by atoms with E-state index in [1.54, 1.807) is 0 Å². The smallest absolute Gasteiger partial charge is 0.303 e. The molecule has 3 aromatic carbocycles. The lowest BCUT2D eigenvalue weighted by molar-refractivity contribution is -0.336. The van der Waals surface area contributed by atoms with Crippen LogP contribution in [-0.2, 0) is 81.6 Å². The highest BCUT2D eigenvalue weighted by Gasteiger charge is 2.55. The molecule has 280 valence electrons. The monoisotopic (exact) mass is 722 g/mol. The summed E-state index contributed by atoms with van der Waals surface area (Å²) in [5.74, 6) is -1.94. The van der Waals surface area contributed by atoms with Gasteiger partial charge in [-0.25, -0.2) is 0 Å². The van der Waals surface area contributed by atoms with Crippen LogP contribution in [0.25, 0.3) is 0 Å². The van der Waals surface area contributed by atoms with Crippen molar-refractivity contribution in [3.63, 3.8) is 0 Å². The van der Waals surface area contributed by atoms with Crippen LogP contribution < -0.4 is 0 Å². The first-order chi connectivity index (χ1) is 25.2. The molecule has 0 spiro atoms. The van der Waals surface area contributed by atoms with Crippen molar-refractivity contribution in [3.05, 3.63) is 108 Å². The molecule has 0 amide bonds. The Balaban J connectivity index is 1.45. The van der Waals surface area contributed by atoms with Crippen LogP contribution >= 0.6 is 0 Å². The van der Waals surface area contributed by atoms with Crippen molar-refractivity contribution >= 4 is 17.9 Å². The lowest BCUT2D eigenvalue weighted by atomic mass is 9.98. The second-order valence-electron chi connectivity index (χ2n) is 12.4. The van der Waals surface area contributed by atoms with Gasteiger partial charge >= 0.3 is 17.9 Å². The Kier molecular flexibility index (Phi) is 14.7. The fourth-order valence-electron chi connectivity index (χ4n) is 6.07. The number of carbonyl (C=O) groups is 3. The molecule has 0 aromatic heterocycles. The predicted octanol–water partition coefficient (Wildman–Crippen LogP) is 4.28. The van der Waals surface area contributed by atoms with Crippen molar-refractivity contribution in [2.45, 2.75) is 95.9 Å². The average Bonchev–Trinajstić information content (AvgIpc) is 3.46. The minimum absolute atomic E-state index is 0.127. The zero-order valence-corrected chi connectivity index (χ0v) is 29.7. The third kappa shape index (κ3) is 11.1. The Morgan fingerprint density at radius 1 is 0.538 bits per heavy atom. The van der Waals surface area contributed by atoms with Gasteiger partial charge in [-0.05, 0) is 16.7 Å². The third-order valence-electron chi connectivity index (χ3n) is 8.40. The molecule has 9 atom stereocenters. The topological polar surface area (TPSA) is 144 Å². The Labute approximate surface area is 303 Å². The minimum atomic E-state index is -1.27. The molecule has 0 radical (unpaired) electrons. The summed E-state index contributed by atoms with van der Waals surface area (Å²) >= 11 is 0. The van der Waals surface area contributed by atoms with Crippen LogP contribution in [0.4, 0.5) is 0 Å². The molecular formula is C39H46O13. The summed E-state index contributed by atoms with van der Waals surface area (Å²) in [5.41, 5.74) is 2.83. The summed E-state index contributed by atoms with van der Waals surface area (Å²) < 4.78 is 60.7. The molecule has 2 aliphatic heterocycles. The largest absolute Gasteiger partial charge is 0.463 e. The van der Waals surface area contributed by atoms with Crippen LogP contribution in [0.5, 0.6) is 0 Å². The van der Waals surface area contributed by atoms with Crippen molar-refractivity contribution in [2.24, 2.45) is 0 Å².